The highest BCUT2D eigenvalue weighted by Crippen LogP contribution is 2.04. The van der Waals surface area contributed by atoms with E-state index < -0.39 is 0 Å². The molecule has 0 atom stereocenters. The van der Waals surface area contributed by atoms with Crippen LogP contribution in [0.1, 0.15) is 63.4 Å². The van der Waals surface area contributed by atoms with E-state index in [1.165, 1.54) is 57.2 Å². The summed E-state index contributed by atoms with van der Waals surface area (Å²) in [6.07, 6.45) is 12.5. The maximum atomic E-state index is 4.20. The zero-order valence-electron chi connectivity index (χ0n) is 12.1. The lowest BCUT2D eigenvalue weighted by molar-refractivity contribution is 0.564. The number of hydrogen-bond acceptors (Lipinski definition) is 2. The monoisotopic (exact) mass is 251 g/mol. The molecule has 1 heterocycles. The summed E-state index contributed by atoms with van der Waals surface area (Å²) < 4.78 is 0. The molecule has 1 aromatic rings. The molecule has 1 rings (SSSR count). The molecule has 18 heavy (non-hydrogen) atoms. The Morgan fingerprint density at radius 3 is 2.50 bits per heavy atom. The van der Waals surface area contributed by atoms with E-state index in [4.69, 9.17) is 0 Å². The molecule has 0 spiro atoms. The van der Waals surface area contributed by atoms with Crippen LogP contribution >= 0.6 is 0 Å². The van der Waals surface area contributed by atoms with Crippen LogP contribution in [-0.4, -0.2) is 23.1 Å². The number of nitrogens with one attached hydrogen (secondary N) is 2. The van der Waals surface area contributed by atoms with Gasteiger partial charge in [-0.2, -0.15) is 0 Å². The minimum Gasteiger partial charge on any atom is -0.346 e. The van der Waals surface area contributed by atoms with Gasteiger partial charge in [-0.1, -0.05) is 39.0 Å². The topological polar surface area (TPSA) is 40.7 Å². The Hall–Kier alpha value is -0.830. The van der Waals surface area contributed by atoms with Gasteiger partial charge in [0.25, 0.3) is 0 Å². The number of rotatable bonds is 11. The maximum Gasteiger partial charge on any atom is 0.103 e. The first-order valence-electron chi connectivity index (χ1n) is 7.54. The highest BCUT2D eigenvalue weighted by molar-refractivity contribution is 4.99. The van der Waals surface area contributed by atoms with Crippen molar-refractivity contribution in [3.63, 3.8) is 0 Å². The molecule has 3 heteroatoms. The molecule has 0 unspecified atom stereocenters. The molecule has 0 bridgehead atoms. The molecule has 0 radical (unpaired) electrons. The molecule has 0 aliphatic heterocycles. The average molecular weight is 251 g/mol. The van der Waals surface area contributed by atoms with Gasteiger partial charge < -0.3 is 10.3 Å². The van der Waals surface area contributed by atoms with Gasteiger partial charge >= 0.3 is 0 Å². The summed E-state index contributed by atoms with van der Waals surface area (Å²) in [5.41, 5.74) is 1.26. The van der Waals surface area contributed by atoms with Crippen molar-refractivity contribution >= 4 is 0 Å². The van der Waals surface area contributed by atoms with Crippen LogP contribution in [0.4, 0.5) is 0 Å². The van der Waals surface area contributed by atoms with Gasteiger partial charge in [-0.3, -0.25) is 0 Å². The van der Waals surface area contributed by atoms with Crippen LogP contribution in [0.3, 0.4) is 0 Å². The van der Waals surface area contributed by atoms with Crippen LogP contribution in [0.2, 0.25) is 0 Å². The molecule has 1 aromatic heterocycles. The van der Waals surface area contributed by atoms with E-state index in [1.807, 2.05) is 13.1 Å². The first-order valence-corrected chi connectivity index (χ1v) is 7.54. The molecule has 104 valence electrons. The Morgan fingerprint density at radius 1 is 1.06 bits per heavy atom. The van der Waals surface area contributed by atoms with Crippen molar-refractivity contribution in [1.29, 1.82) is 0 Å². The molecule has 2 N–H and O–H groups in total. The van der Waals surface area contributed by atoms with Crippen LogP contribution < -0.4 is 5.32 Å². The Morgan fingerprint density at radius 2 is 1.78 bits per heavy atom. The van der Waals surface area contributed by atoms with Crippen molar-refractivity contribution in [2.24, 2.45) is 0 Å². The Bertz CT molecular complexity index is 294. The predicted molar refractivity (Wildman–Crippen MR) is 77.9 cm³/mol. The third kappa shape index (κ3) is 7.49. The third-order valence-electron chi connectivity index (χ3n) is 3.26. The molecule has 3 nitrogen and oxygen atoms in total. The van der Waals surface area contributed by atoms with Crippen molar-refractivity contribution in [2.75, 3.05) is 13.1 Å². The van der Waals surface area contributed by atoms with Gasteiger partial charge in [0.1, 0.15) is 5.82 Å². The standard InChI is InChI=1S/C15H29N3/c1-3-4-5-6-7-8-11-16-12-9-10-15-13-17-14(2)18-15/h13,16H,3-12H2,1-2H3,(H,17,18). The smallest absolute Gasteiger partial charge is 0.103 e. The zero-order valence-corrected chi connectivity index (χ0v) is 12.1. The van der Waals surface area contributed by atoms with E-state index in [1.54, 1.807) is 0 Å². The van der Waals surface area contributed by atoms with Gasteiger partial charge in [0.15, 0.2) is 0 Å². The molecule has 0 fully saturated rings. The lowest BCUT2D eigenvalue weighted by atomic mass is 10.1. The Labute approximate surface area is 112 Å². The van der Waals surface area contributed by atoms with Gasteiger partial charge in [0.05, 0.1) is 0 Å². The zero-order chi connectivity index (χ0) is 13.1. The second-order valence-electron chi connectivity index (χ2n) is 5.12. The largest absolute Gasteiger partial charge is 0.346 e. The average Bonchev–Trinajstić information content (AvgIpc) is 2.77. The third-order valence-corrected chi connectivity index (χ3v) is 3.26. The fourth-order valence-corrected chi connectivity index (χ4v) is 2.16. The number of hydrogen-bond donors (Lipinski definition) is 2. The summed E-state index contributed by atoms with van der Waals surface area (Å²) in [5.74, 6) is 1.02. The minimum atomic E-state index is 1.02. The number of H-pyrrole nitrogens is 1. The number of nitrogens with zero attached hydrogens (tertiary/aromatic N) is 1. The first-order chi connectivity index (χ1) is 8.83. The van der Waals surface area contributed by atoms with Crippen LogP contribution in [0.5, 0.6) is 0 Å². The molecule has 0 aromatic carbocycles. The lowest BCUT2D eigenvalue weighted by Crippen LogP contribution is -2.17. The highest BCUT2D eigenvalue weighted by Gasteiger charge is 1.96. The second kappa shape index (κ2) is 10.1. The summed E-state index contributed by atoms with van der Waals surface area (Å²) in [6.45, 7) is 6.56. The van der Waals surface area contributed by atoms with Crippen LogP contribution in [0.25, 0.3) is 0 Å². The SMILES string of the molecule is CCCCCCCCNCCCc1cnc(C)[nH]1. The highest BCUT2D eigenvalue weighted by atomic mass is 14.9. The molecular formula is C15H29N3. The van der Waals surface area contributed by atoms with Crippen molar-refractivity contribution < 1.29 is 0 Å². The molecule has 0 saturated heterocycles. The van der Waals surface area contributed by atoms with E-state index in [0.717, 1.165) is 18.8 Å². The summed E-state index contributed by atoms with van der Waals surface area (Å²) in [7, 11) is 0. The molecule has 0 amide bonds. The number of aryl methyl sites for hydroxylation is 2. The fourth-order valence-electron chi connectivity index (χ4n) is 2.16. The predicted octanol–water partition coefficient (Wildman–Crippen LogP) is 3.60. The van der Waals surface area contributed by atoms with Crippen LogP contribution in [-0.2, 0) is 6.42 Å². The van der Waals surface area contributed by atoms with E-state index in [-0.39, 0.29) is 0 Å². The van der Waals surface area contributed by atoms with Crippen molar-refractivity contribution in [3.05, 3.63) is 17.7 Å². The number of aromatic amines is 1. The number of imidazole rings is 1. The van der Waals surface area contributed by atoms with Gasteiger partial charge in [-0.15, -0.1) is 0 Å². The van der Waals surface area contributed by atoms with E-state index >= 15 is 0 Å². The van der Waals surface area contributed by atoms with Crippen molar-refractivity contribution in [1.82, 2.24) is 15.3 Å². The van der Waals surface area contributed by atoms with Crippen molar-refractivity contribution in [3.8, 4) is 0 Å². The Balaban J connectivity index is 1.81. The molecule has 0 saturated carbocycles. The van der Waals surface area contributed by atoms with Gasteiger partial charge in [-0.05, 0) is 39.3 Å². The number of unbranched alkanes of at least 4 members (excludes halogenated alkanes) is 5. The van der Waals surface area contributed by atoms with Gasteiger partial charge in [0, 0.05) is 11.9 Å². The van der Waals surface area contributed by atoms with Gasteiger partial charge in [0.2, 0.25) is 0 Å². The summed E-state index contributed by atoms with van der Waals surface area (Å²) in [5, 5.41) is 3.52. The van der Waals surface area contributed by atoms with E-state index in [2.05, 4.69) is 22.2 Å². The maximum absolute atomic E-state index is 4.20. The first kappa shape index (κ1) is 15.2. The normalized spacial score (nSPS) is 11.0. The summed E-state index contributed by atoms with van der Waals surface area (Å²) >= 11 is 0. The Kier molecular flexibility index (Phi) is 8.57. The second-order valence-corrected chi connectivity index (χ2v) is 5.12. The quantitative estimate of drug-likeness (QED) is 0.590. The van der Waals surface area contributed by atoms with E-state index in [0.29, 0.717) is 0 Å². The molecule has 0 aliphatic carbocycles. The summed E-state index contributed by atoms with van der Waals surface area (Å²) in [6, 6.07) is 0. The minimum absolute atomic E-state index is 1.02. The molecule has 0 aliphatic rings. The molecular weight excluding hydrogens is 222 g/mol. The fraction of sp³-hybridized carbons (Fsp3) is 0.800. The number of aromatic nitrogens is 2. The summed E-state index contributed by atoms with van der Waals surface area (Å²) in [4.78, 5) is 7.47. The lowest BCUT2D eigenvalue weighted by Gasteiger charge is -2.04. The van der Waals surface area contributed by atoms with Crippen molar-refractivity contribution in [2.45, 2.75) is 65.2 Å². The van der Waals surface area contributed by atoms with Gasteiger partial charge in [-0.25, -0.2) is 4.98 Å². The van der Waals surface area contributed by atoms with Crippen LogP contribution in [0, 0.1) is 6.92 Å². The van der Waals surface area contributed by atoms with E-state index in [9.17, 15) is 0 Å². The van der Waals surface area contributed by atoms with Crippen LogP contribution in [0.15, 0.2) is 6.20 Å².